The van der Waals surface area contributed by atoms with Crippen LogP contribution in [0.25, 0.3) is 0 Å². The van der Waals surface area contributed by atoms with Gasteiger partial charge in [-0.2, -0.15) is 0 Å². The molecular formula is C13H17FN2O2. The van der Waals surface area contributed by atoms with E-state index in [4.69, 9.17) is 10.5 Å². The number of amides is 1. The molecule has 0 bridgehead atoms. The number of carbonyl (C=O) groups is 1. The molecule has 0 aliphatic carbocycles. The third-order valence-electron chi connectivity index (χ3n) is 3.27. The Bertz CT molecular complexity index is 456. The number of halogens is 1. The van der Waals surface area contributed by atoms with E-state index < -0.39 is 5.82 Å². The zero-order chi connectivity index (χ0) is 13.2. The fraction of sp³-hybridized carbons (Fsp3) is 0.462. The maximum Gasteiger partial charge on any atom is 0.253 e. The van der Waals surface area contributed by atoms with Gasteiger partial charge in [0.15, 0.2) is 0 Å². The molecule has 0 unspecified atom stereocenters. The van der Waals surface area contributed by atoms with Crippen molar-refractivity contribution < 1.29 is 13.9 Å². The van der Waals surface area contributed by atoms with Crippen LogP contribution in [0.4, 0.5) is 10.1 Å². The minimum atomic E-state index is -0.466. The second-order valence-corrected chi connectivity index (χ2v) is 4.86. The van der Waals surface area contributed by atoms with Crippen molar-refractivity contribution in [2.75, 3.05) is 18.9 Å². The van der Waals surface area contributed by atoms with E-state index in [1.165, 1.54) is 12.1 Å². The van der Waals surface area contributed by atoms with Crippen LogP contribution in [0.2, 0.25) is 0 Å². The zero-order valence-electron chi connectivity index (χ0n) is 10.3. The topological polar surface area (TPSA) is 64.4 Å². The highest BCUT2D eigenvalue weighted by Gasteiger charge is 2.29. The Labute approximate surface area is 105 Å². The van der Waals surface area contributed by atoms with E-state index in [9.17, 15) is 9.18 Å². The summed E-state index contributed by atoms with van der Waals surface area (Å²) in [5, 5.41) is 2.91. The molecule has 1 fully saturated rings. The van der Waals surface area contributed by atoms with Crippen molar-refractivity contribution in [1.82, 2.24) is 5.32 Å². The van der Waals surface area contributed by atoms with Crippen LogP contribution in [0.3, 0.4) is 0 Å². The number of ether oxygens (including phenoxy) is 1. The van der Waals surface area contributed by atoms with Crippen molar-refractivity contribution in [3.8, 4) is 0 Å². The number of nitrogens with two attached hydrogens (primary N) is 1. The Morgan fingerprint density at radius 3 is 2.78 bits per heavy atom. The summed E-state index contributed by atoms with van der Waals surface area (Å²) < 4.78 is 18.4. The maximum atomic E-state index is 13.1. The normalized spacial score (nSPS) is 18.3. The molecule has 0 aromatic heterocycles. The molecule has 3 N–H and O–H groups in total. The first-order chi connectivity index (χ1) is 8.50. The molecule has 0 radical (unpaired) electrons. The third kappa shape index (κ3) is 2.79. The van der Waals surface area contributed by atoms with E-state index in [0.29, 0.717) is 13.2 Å². The number of anilines is 1. The zero-order valence-corrected chi connectivity index (χ0v) is 10.3. The van der Waals surface area contributed by atoms with E-state index in [2.05, 4.69) is 5.32 Å². The lowest BCUT2D eigenvalue weighted by Crippen LogP contribution is -2.49. The van der Waals surface area contributed by atoms with Gasteiger partial charge < -0.3 is 15.8 Å². The third-order valence-corrected chi connectivity index (χ3v) is 3.27. The molecule has 98 valence electrons. The van der Waals surface area contributed by atoms with Crippen molar-refractivity contribution >= 4 is 11.6 Å². The lowest BCUT2D eigenvalue weighted by molar-refractivity contribution is 0.0423. The number of rotatable bonds is 2. The highest BCUT2D eigenvalue weighted by Crippen LogP contribution is 2.21. The fourth-order valence-corrected chi connectivity index (χ4v) is 2.01. The van der Waals surface area contributed by atoms with Gasteiger partial charge in [0.1, 0.15) is 5.82 Å². The molecule has 2 rings (SSSR count). The standard InChI is InChI=1S/C13H17FN2O2/c1-13(4-6-18-7-5-13)16-12(17)10-8-9(14)2-3-11(10)15/h2-3,8H,4-7,15H2,1H3,(H,16,17). The predicted molar refractivity (Wildman–Crippen MR) is 66.7 cm³/mol. The molecule has 5 heteroatoms. The quantitative estimate of drug-likeness (QED) is 0.787. The molecule has 1 aromatic carbocycles. The summed E-state index contributed by atoms with van der Waals surface area (Å²) in [7, 11) is 0. The van der Waals surface area contributed by atoms with Crippen LogP contribution >= 0.6 is 0 Å². The van der Waals surface area contributed by atoms with Crippen LogP contribution < -0.4 is 11.1 Å². The molecular weight excluding hydrogens is 235 g/mol. The number of hydrogen-bond acceptors (Lipinski definition) is 3. The Kier molecular flexibility index (Phi) is 3.52. The molecule has 0 spiro atoms. The minimum absolute atomic E-state index is 0.183. The second kappa shape index (κ2) is 4.94. The predicted octanol–water partition coefficient (Wildman–Crippen LogP) is 1.71. The van der Waals surface area contributed by atoms with Gasteiger partial charge >= 0.3 is 0 Å². The first-order valence-corrected chi connectivity index (χ1v) is 5.95. The summed E-state index contributed by atoms with van der Waals surface area (Å²) in [4.78, 5) is 12.1. The van der Waals surface area contributed by atoms with Crippen LogP contribution in [0, 0.1) is 5.82 Å². The molecule has 1 saturated heterocycles. The van der Waals surface area contributed by atoms with Gasteiger partial charge in [-0.3, -0.25) is 4.79 Å². The van der Waals surface area contributed by atoms with Gasteiger partial charge in [0.2, 0.25) is 0 Å². The van der Waals surface area contributed by atoms with Crippen LogP contribution in [-0.4, -0.2) is 24.7 Å². The highest BCUT2D eigenvalue weighted by molar-refractivity contribution is 5.99. The summed E-state index contributed by atoms with van der Waals surface area (Å²) in [5.41, 5.74) is 5.84. The number of nitrogens with one attached hydrogen (secondary N) is 1. The Balaban J connectivity index is 2.14. The molecule has 18 heavy (non-hydrogen) atoms. The monoisotopic (exact) mass is 252 g/mol. The number of nitrogen functional groups attached to an aromatic ring is 1. The maximum absolute atomic E-state index is 13.1. The minimum Gasteiger partial charge on any atom is -0.398 e. The van der Waals surface area contributed by atoms with Crippen molar-refractivity contribution in [3.05, 3.63) is 29.6 Å². The van der Waals surface area contributed by atoms with E-state index in [1.54, 1.807) is 0 Å². The molecule has 1 amide bonds. The van der Waals surface area contributed by atoms with Gasteiger partial charge in [-0.15, -0.1) is 0 Å². The van der Waals surface area contributed by atoms with E-state index in [-0.39, 0.29) is 22.7 Å². The summed E-state index contributed by atoms with van der Waals surface area (Å²) in [6.45, 7) is 3.20. The van der Waals surface area contributed by atoms with Crippen LogP contribution in [0.1, 0.15) is 30.1 Å². The Morgan fingerprint density at radius 1 is 1.44 bits per heavy atom. The average Bonchev–Trinajstić information content (AvgIpc) is 2.32. The highest BCUT2D eigenvalue weighted by atomic mass is 19.1. The molecule has 4 nitrogen and oxygen atoms in total. The van der Waals surface area contributed by atoms with Gasteiger partial charge in [-0.1, -0.05) is 0 Å². The number of hydrogen-bond donors (Lipinski definition) is 2. The van der Waals surface area contributed by atoms with Gasteiger partial charge in [0.05, 0.1) is 5.56 Å². The molecule has 1 aromatic rings. The van der Waals surface area contributed by atoms with E-state index in [0.717, 1.165) is 18.9 Å². The molecule has 0 saturated carbocycles. The number of benzene rings is 1. The molecule has 1 heterocycles. The average molecular weight is 252 g/mol. The van der Waals surface area contributed by atoms with Gasteiger partial charge in [-0.05, 0) is 38.0 Å². The van der Waals surface area contributed by atoms with E-state index in [1.807, 2.05) is 6.92 Å². The fourth-order valence-electron chi connectivity index (χ4n) is 2.01. The van der Waals surface area contributed by atoms with E-state index >= 15 is 0 Å². The van der Waals surface area contributed by atoms with Crippen molar-refractivity contribution in [2.45, 2.75) is 25.3 Å². The smallest absolute Gasteiger partial charge is 0.253 e. The van der Waals surface area contributed by atoms with Gasteiger partial charge in [0, 0.05) is 24.4 Å². The summed E-state index contributed by atoms with van der Waals surface area (Å²) in [6, 6.07) is 3.80. The largest absolute Gasteiger partial charge is 0.398 e. The lowest BCUT2D eigenvalue weighted by Gasteiger charge is -2.34. The van der Waals surface area contributed by atoms with Crippen LogP contribution in [0.15, 0.2) is 18.2 Å². The van der Waals surface area contributed by atoms with Gasteiger partial charge in [-0.25, -0.2) is 4.39 Å². The lowest BCUT2D eigenvalue weighted by atomic mass is 9.92. The van der Waals surface area contributed by atoms with Crippen molar-refractivity contribution in [1.29, 1.82) is 0 Å². The second-order valence-electron chi connectivity index (χ2n) is 4.86. The Hall–Kier alpha value is -1.62. The first-order valence-electron chi connectivity index (χ1n) is 5.95. The van der Waals surface area contributed by atoms with Crippen molar-refractivity contribution in [2.24, 2.45) is 0 Å². The molecule has 0 atom stereocenters. The van der Waals surface area contributed by atoms with Gasteiger partial charge in [0.25, 0.3) is 5.91 Å². The van der Waals surface area contributed by atoms with Crippen LogP contribution in [0.5, 0.6) is 0 Å². The SMILES string of the molecule is CC1(NC(=O)c2cc(F)ccc2N)CCOCC1. The van der Waals surface area contributed by atoms with Crippen LogP contribution in [-0.2, 0) is 4.74 Å². The van der Waals surface area contributed by atoms with Crippen molar-refractivity contribution in [3.63, 3.8) is 0 Å². The molecule has 1 aliphatic rings. The number of carbonyl (C=O) groups excluding carboxylic acids is 1. The summed E-state index contributed by atoms with van der Waals surface area (Å²) >= 11 is 0. The summed E-state index contributed by atoms with van der Waals surface area (Å²) in [5.74, 6) is -0.803. The Morgan fingerprint density at radius 2 is 2.11 bits per heavy atom. The molecule has 1 aliphatic heterocycles. The first kappa shape index (κ1) is 12.8. The summed E-state index contributed by atoms with van der Waals surface area (Å²) in [6.07, 6.45) is 1.49.